The number of anilines is 2. The van der Waals surface area contributed by atoms with Gasteiger partial charge >= 0.3 is 0 Å². The van der Waals surface area contributed by atoms with Gasteiger partial charge in [0.1, 0.15) is 5.82 Å². The lowest BCUT2D eigenvalue weighted by molar-refractivity contribution is 0.928. The molecular formula is C14H15N5. The average molecular weight is 253 g/mol. The van der Waals surface area contributed by atoms with Crippen molar-refractivity contribution < 1.29 is 0 Å². The summed E-state index contributed by atoms with van der Waals surface area (Å²) in [4.78, 5) is 11.5. The maximum Gasteiger partial charge on any atom is 0.107 e. The van der Waals surface area contributed by atoms with Gasteiger partial charge in [-0.3, -0.25) is 4.98 Å². The molecule has 2 heterocycles. The van der Waals surface area contributed by atoms with Gasteiger partial charge in [0.05, 0.1) is 16.9 Å². The summed E-state index contributed by atoms with van der Waals surface area (Å²) in [5.74, 6) is 0.966. The normalized spacial score (nSPS) is 10.7. The third kappa shape index (κ3) is 2.35. The number of nitrogens with one attached hydrogen (secondary N) is 2. The zero-order valence-corrected chi connectivity index (χ0v) is 10.4. The molecule has 0 atom stereocenters. The smallest absolute Gasteiger partial charge is 0.107 e. The number of fused-ring (bicyclic) bond motifs is 1. The van der Waals surface area contributed by atoms with E-state index in [9.17, 15) is 0 Å². The number of pyridine rings is 1. The van der Waals surface area contributed by atoms with Gasteiger partial charge in [0.25, 0.3) is 0 Å². The molecule has 0 aliphatic heterocycles. The fraction of sp³-hybridized carbons (Fsp3) is 0.143. The number of hydrogen-bond acceptors (Lipinski definition) is 4. The molecule has 4 N–H and O–H groups in total. The second-order valence-corrected chi connectivity index (χ2v) is 4.31. The Hall–Kier alpha value is -2.56. The Bertz CT molecular complexity index is 675. The summed E-state index contributed by atoms with van der Waals surface area (Å²) in [5.41, 5.74) is 8.74. The van der Waals surface area contributed by atoms with Gasteiger partial charge in [-0.1, -0.05) is 0 Å². The van der Waals surface area contributed by atoms with Crippen molar-refractivity contribution in [2.24, 2.45) is 0 Å². The molecule has 5 nitrogen and oxygen atoms in total. The van der Waals surface area contributed by atoms with E-state index < -0.39 is 0 Å². The van der Waals surface area contributed by atoms with Crippen LogP contribution in [0.4, 0.5) is 11.4 Å². The van der Waals surface area contributed by atoms with Crippen LogP contribution in [0.1, 0.15) is 5.82 Å². The molecule has 2 aromatic heterocycles. The number of nitrogens with zero attached hydrogens (tertiary/aromatic N) is 2. The first-order valence-corrected chi connectivity index (χ1v) is 6.20. The number of hydrogen-bond donors (Lipinski definition) is 3. The Morgan fingerprint density at radius 1 is 1.16 bits per heavy atom. The van der Waals surface area contributed by atoms with E-state index in [-0.39, 0.29) is 0 Å². The number of aromatic amines is 1. The Morgan fingerprint density at radius 3 is 2.95 bits per heavy atom. The highest BCUT2D eigenvalue weighted by Gasteiger charge is 2.04. The van der Waals surface area contributed by atoms with Crippen LogP contribution in [0, 0.1) is 0 Å². The van der Waals surface area contributed by atoms with E-state index >= 15 is 0 Å². The summed E-state index contributed by atoms with van der Waals surface area (Å²) < 4.78 is 0. The SMILES string of the molecule is Nc1c(NCCc2ncc[nH]2)ccc2ncccc12. The average Bonchev–Trinajstić information content (AvgIpc) is 2.95. The number of rotatable bonds is 4. The van der Waals surface area contributed by atoms with E-state index in [1.807, 2.05) is 30.5 Å². The summed E-state index contributed by atoms with van der Waals surface area (Å²) >= 11 is 0. The Labute approximate surface area is 110 Å². The van der Waals surface area contributed by atoms with Gasteiger partial charge in [-0.05, 0) is 24.3 Å². The minimum Gasteiger partial charge on any atom is -0.397 e. The number of nitrogens with two attached hydrogens (primary N) is 1. The molecule has 0 saturated carbocycles. The fourth-order valence-electron chi connectivity index (χ4n) is 2.08. The number of benzene rings is 1. The lowest BCUT2D eigenvalue weighted by Gasteiger charge is -2.10. The van der Waals surface area contributed by atoms with Crippen LogP contribution in [0.5, 0.6) is 0 Å². The predicted molar refractivity (Wildman–Crippen MR) is 76.9 cm³/mol. The van der Waals surface area contributed by atoms with E-state index in [4.69, 9.17) is 5.73 Å². The minimum absolute atomic E-state index is 0.741. The molecule has 3 aromatic rings. The van der Waals surface area contributed by atoms with Crippen LogP contribution in [-0.2, 0) is 6.42 Å². The third-order valence-electron chi connectivity index (χ3n) is 3.06. The highest BCUT2D eigenvalue weighted by Crippen LogP contribution is 2.27. The number of nitrogen functional groups attached to an aromatic ring is 1. The van der Waals surface area contributed by atoms with Crippen LogP contribution >= 0.6 is 0 Å². The summed E-state index contributed by atoms with van der Waals surface area (Å²) in [6.45, 7) is 0.781. The van der Waals surface area contributed by atoms with Gasteiger partial charge in [-0.25, -0.2) is 4.98 Å². The molecule has 0 spiro atoms. The van der Waals surface area contributed by atoms with Crippen molar-refractivity contribution in [1.82, 2.24) is 15.0 Å². The standard InChI is InChI=1S/C14H15N5/c15-14-10-2-1-6-16-11(10)3-4-12(14)17-7-5-13-18-8-9-19-13/h1-4,6,8-9,17H,5,7,15H2,(H,18,19). The van der Waals surface area contributed by atoms with Crippen molar-refractivity contribution in [2.75, 3.05) is 17.6 Å². The molecule has 1 aromatic carbocycles. The second kappa shape index (κ2) is 4.97. The van der Waals surface area contributed by atoms with Crippen molar-refractivity contribution in [2.45, 2.75) is 6.42 Å². The molecule has 0 fully saturated rings. The quantitative estimate of drug-likeness (QED) is 0.623. The number of H-pyrrole nitrogens is 1. The Kier molecular flexibility index (Phi) is 3.02. The van der Waals surface area contributed by atoms with Crippen LogP contribution in [0.2, 0.25) is 0 Å². The molecule has 0 amide bonds. The van der Waals surface area contributed by atoms with Crippen molar-refractivity contribution in [3.63, 3.8) is 0 Å². The predicted octanol–water partition coefficient (Wildman–Crippen LogP) is 2.19. The number of aromatic nitrogens is 3. The summed E-state index contributed by atoms with van der Waals surface area (Å²) in [5, 5.41) is 4.31. The molecule has 0 aliphatic carbocycles. The van der Waals surface area contributed by atoms with Gasteiger partial charge in [0.2, 0.25) is 0 Å². The maximum atomic E-state index is 6.15. The molecular weight excluding hydrogens is 238 g/mol. The van der Waals surface area contributed by atoms with Crippen molar-refractivity contribution >= 4 is 22.3 Å². The first kappa shape index (κ1) is 11.5. The molecule has 0 unspecified atom stereocenters. The van der Waals surface area contributed by atoms with E-state index in [1.165, 1.54) is 0 Å². The lowest BCUT2D eigenvalue weighted by Crippen LogP contribution is -2.08. The second-order valence-electron chi connectivity index (χ2n) is 4.31. The van der Waals surface area contributed by atoms with E-state index in [2.05, 4.69) is 20.3 Å². The van der Waals surface area contributed by atoms with Gasteiger partial charge in [0.15, 0.2) is 0 Å². The maximum absolute atomic E-state index is 6.15. The molecule has 0 aliphatic rings. The molecule has 0 saturated heterocycles. The van der Waals surface area contributed by atoms with Gasteiger partial charge in [-0.15, -0.1) is 0 Å². The number of imidazole rings is 1. The van der Waals surface area contributed by atoms with E-state index in [0.29, 0.717) is 0 Å². The van der Waals surface area contributed by atoms with Crippen LogP contribution in [0.25, 0.3) is 10.9 Å². The van der Waals surface area contributed by atoms with Gasteiger partial charge in [-0.2, -0.15) is 0 Å². The molecule has 96 valence electrons. The zero-order chi connectivity index (χ0) is 13.1. The monoisotopic (exact) mass is 253 g/mol. The Balaban J connectivity index is 1.76. The zero-order valence-electron chi connectivity index (χ0n) is 10.4. The summed E-state index contributed by atoms with van der Waals surface area (Å²) in [6, 6.07) is 7.81. The lowest BCUT2D eigenvalue weighted by atomic mass is 10.1. The van der Waals surface area contributed by atoms with Crippen LogP contribution in [0.3, 0.4) is 0 Å². The van der Waals surface area contributed by atoms with Gasteiger partial charge in [0, 0.05) is 36.9 Å². The van der Waals surface area contributed by atoms with E-state index in [0.717, 1.165) is 41.1 Å². The van der Waals surface area contributed by atoms with Crippen LogP contribution < -0.4 is 11.1 Å². The first-order valence-electron chi connectivity index (χ1n) is 6.20. The van der Waals surface area contributed by atoms with Crippen molar-refractivity contribution in [3.05, 3.63) is 48.7 Å². The first-order chi connectivity index (χ1) is 9.34. The fourth-order valence-corrected chi connectivity index (χ4v) is 2.08. The molecule has 0 bridgehead atoms. The summed E-state index contributed by atoms with van der Waals surface area (Å²) in [7, 11) is 0. The van der Waals surface area contributed by atoms with E-state index in [1.54, 1.807) is 12.4 Å². The topological polar surface area (TPSA) is 79.6 Å². The molecule has 5 heteroatoms. The third-order valence-corrected chi connectivity index (χ3v) is 3.06. The van der Waals surface area contributed by atoms with Crippen molar-refractivity contribution in [1.29, 1.82) is 0 Å². The molecule has 19 heavy (non-hydrogen) atoms. The molecule has 0 radical (unpaired) electrons. The van der Waals surface area contributed by atoms with Crippen LogP contribution in [-0.4, -0.2) is 21.5 Å². The Morgan fingerprint density at radius 2 is 2.11 bits per heavy atom. The molecule has 3 rings (SSSR count). The van der Waals surface area contributed by atoms with Gasteiger partial charge < -0.3 is 16.0 Å². The summed E-state index contributed by atoms with van der Waals surface area (Å²) in [6.07, 6.45) is 6.18. The minimum atomic E-state index is 0.741. The largest absolute Gasteiger partial charge is 0.397 e. The van der Waals surface area contributed by atoms with Crippen LogP contribution in [0.15, 0.2) is 42.9 Å². The highest BCUT2D eigenvalue weighted by atomic mass is 14.9. The highest BCUT2D eigenvalue weighted by molar-refractivity contribution is 5.96. The van der Waals surface area contributed by atoms with Crippen molar-refractivity contribution in [3.8, 4) is 0 Å².